The molecule has 0 aliphatic heterocycles. The number of ether oxygens (including phenoxy) is 1. The van der Waals surface area contributed by atoms with Crippen LogP contribution in [0, 0.1) is 0 Å². The molecule has 1 aliphatic rings. The molecule has 82 valence electrons. The Balaban J connectivity index is 2.55. The molecule has 0 fully saturated rings. The lowest BCUT2D eigenvalue weighted by Crippen LogP contribution is -2.02. The largest absolute Gasteiger partial charge is 0.496 e. The first-order chi connectivity index (χ1) is 7.24. The predicted molar refractivity (Wildman–Crippen MR) is 60.5 cm³/mol. The fraction of sp³-hybridized carbons (Fsp3) is 0.500. The summed E-state index contributed by atoms with van der Waals surface area (Å²) in [4.78, 5) is 0. The number of hydrogen-bond donors (Lipinski definition) is 1. The molecule has 0 heterocycles. The number of hydrogen-bond acceptors (Lipinski definition) is 2. The molecule has 1 aliphatic carbocycles. The molecule has 0 saturated carbocycles. The Morgan fingerprint density at radius 1 is 1.40 bits per heavy atom. The minimum absolute atomic E-state index is 0.440. The Hall–Kier alpha value is -0.730. The van der Waals surface area contributed by atoms with Crippen LogP contribution in [0.1, 0.15) is 36.5 Å². The van der Waals surface area contributed by atoms with Crippen LogP contribution in [0.25, 0.3) is 0 Å². The van der Waals surface area contributed by atoms with Gasteiger partial charge in [0.05, 0.1) is 13.2 Å². The van der Waals surface area contributed by atoms with E-state index in [1.807, 2.05) is 6.07 Å². The van der Waals surface area contributed by atoms with Crippen LogP contribution in [0.4, 0.5) is 0 Å². The Labute approximate surface area is 94.8 Å². The van der Waals surface area contributed by atoms with Crippen molar-refractivity contribution < 1.29 is 9.84 Å². The summed E-state index contributed by atoms with van der Waals surface area (Å²) in [5.41, 5.74) is 1.95. The standard InChI is InChI=1S/C12H15ClO2/c1-15-11-7-6-9(13)12-8(11)4-2-3-5-10(12)14/h6-7,10,14H,2-5H2,1H3/t10-/m1/s1. The quantitative estimate of drug-likeness (QED) is 0.746. The van der Waals surface area contributed by atoms with Crippen molar-refractivity contribution in [3.05, 3.63) is 28.3 Å². The molecule has 0 bridgehead atoms. The van der Waals surface area contributed by atoms with E-state index in [4.69, 9.17) is 16.3 Å². The topological polar surface area (TPSA) is 29.5 Å². The molecule has 1 N–H and O–H groups in total. The van der Waals surface area contributed by atoms with E-state index in [0.29, 0.717) is 5.02 Å². The molecular formula is C12H15ClO2. The van der Waals surface area contributed by atoms with E-state index in [-0.39, 0.29) is 0 Å². The highest BCUT2D eigenvalue weighted by Crippen LogP contribution is 2.38. The predicted octanol–water partition coefficient (Wildman–Crippen LogP) is 3.11. The second kappa shape index (κ2) is 4.42. The number of fused-ring (bicyclic) bond motifs is 1. The van der Waals surface area contributed by atoms with E-state index in [0.717, 1.165) is 42.6 Å². The van der Waals surface area contributed by atoms with Crippen molar-refractivity contribution in [1.29, 1.82) is 0 Å². The summed E-state index contributed by atoms with van der Waals surface area (Å²) in [6, 6.07) is 3.67. The average Bonchev–Trinajstić information content (AvgIpc) is 2.42. The lowest BCUT2D eigenvalue weighted by atomic mass is 10.00. The van der Waals surface area contributed by atoms with Gasteiger partial charge in [-0.05, 0) is 31.4 Å². The van der Waals surface area contributed by atoms with Crippen LogP contribution >= 0.6 is 11.6 Å². The summed E-state index contributed by atoms with van der Waals surface area (Å²) in [5, 5.41) is 10.7. The molecular weight excluding hydrogens is 212 g/mol. The van der Waals surface area contributed by atoms with Crippen molar-refractivity contribution in [2.24, 2.45) is 0 Å². The van der Waals surface area contributed by atoms with Gasteiger partial charge in [-0.25, -0.2) is 0 Å². The summed E-state index contributed by atoms with van der Waals surface area (Å²) < 4.78 is 5.30. The van der Waals surface area contributed by atoms with Gasteiger partial charge in [0.15, 0.2) is 0 Å². The smallest absolute Gasteiger partial charge is 0.122 e. The summed E-state index contributed by atoms with van der Waals surface area (Å²) in [6.07, 6.45) is 3.41. The van der Waals surface area contributed by atoms with E-state index in [1.165, 1.54) is 0 Å². The van der Waals surface area contributed by atoms with Gasteiger partial charge in [0.2, 0.25) is 0 Å². The second-order valence-electron chi connectivity index (χ2n) is 3.90. The van der Waals surface area contributed by atoms with E-state index < -0.39 is 6.10 Å². The lowest BCUT2D eigenvalue weighted by molar-refractivity contribution is 0.166. The molecule has 0 radical (unpaired) electrons. The van der Waals surface area contributed by atoms with E-state index in [2.05, 4.69) is 0 Å². The molecule has 1 aromatic rings. The van der Waals surface area contributed by atoms with Gasteiger partial charge in [0.1, 0.15) is 5.75 Å². The summed E-state index contributed by atoms with van der Waals surface area (Å²) in [7, 11) is 1.65. The Morgan fingerprint density at radius 2 is 2.20 bits per heavy atom. The van der Waals surface area contributed by atoms with Crippen LogP contribution in [0.5, 0.6) is 5.75 Å². The minimum atomic E-state index is -0.440. The summed E-state index contributed by atoms with van der Waals surface area (Å²) in [6.45, 7) is 0. The van der Waals surface area contributed by atoms with E-state index in [1.54, 1.807) is 13.2 Å². The van der Waals surface area contributed by atoms with Gasteiger partial charge in [0.25, 0.3) is 0 Å². The highest BCUT2D eigenvalue weighted by Gasteiger charge is 2.22. The first-order valence-electron chi connectivity index (χ1n) is 5.27. The van der Waals surface area contributed by atoms with Gasteiger partial charge >= 0.3 is 0 Å². The zero-order valence-electron chi connectivity index (χ0n) is 8.79. The second-order valence-corrected chi connectivity index (χ2v) is 4.31. The molecule has 2 nitrogen and oxygen atoms in total. The van der Waals surface area contributed by atoms with Gasteiger partial charge in [-0.15, -0.1) is 0 Å². The zero-order chi connectivity index (χ0) is 10.8. The number of rotatable bonds is 1. The van der Waals surface area contributed by atoms with Gasteiger partial charge in [-0.3, -0.25) is 0 Å². The monoisotopic (exact) mass is 226 g/mol. The molecule has 1 atom stereocenters. The number of halogens is 1. The van der Waals surface area contributed by atoms with Gasteiger partial charge < -0.3 is 9.84 Å². The first-order valence-corrected chi connectivity index (χ1v) is 5.65. The average molecular weight is 227 g/mol. The normalized spacial score (nSPS) is 20.6. The molecule has 2 rings (SSSR count). The van der Waals surface area contributed by atoms with Crippen LogP contribution in [-0.2, 0) is 6.42 Å². The van der Waals surface area contributed by atoms with Gasteiger partial charge in [0, 0.05) is 16.1 Å². The van der Waals surface area contributed by atoms with Crippen LogP contribution in [0.2, 0.25) is 5.02 Å². The van der Waals surface area contributed by atoms with Crippen molar-refractivity contribution >= 4 is 11.6 Å². The maximum atomic E-state index is 10.0. The fourth-order valence-corrected chi connectivity index (χ4v) is 2.51. The molecule has 0 amide bonds. The fourth-order valence-electron chi connectivity index (χ4n) is 2.21. The van der Waals surface area contributed by atoms with Crippen LogP contribution < -0.4 is 4.74 Å². The molecule has 0 unspecified atom stereocenters. The number of aliphatic hydroxyl groups excluding tert-OH is 1. The van der Waals surface area contributed by atoms with Crippen molar-refractivity contribution in [1.82, 2.24) is 0 Å². The highest BCUT2D eigenvalue weighted by atomic mass is 35.5. The van der Waals surface area contributed by atoms with Crippen molar-refractivity contribution in [2.45, 2.75) is 31.8 Å². The zero-order valence-corrected chi connectivity index (χ0v) is 9.55. The Kier molecular flexibility index (Phi) is 3.17. The first kappa shape index (κ1) is 10.8. The molecule has 1 aromatic carbocycles. The lowest BCUT2D eigenvalue weighted by Gasteiger charge is -2.16. The summed E-state index contributed by atoms with van der Waals surface area (Å²) in [5.74, 6) is 0.843. The third-order valence-corrected chi connectivity index (χ3v) is 3.30. The maximum absolute atomic E-state index is 10.0. The Bertz CT molecular complexity index is 363. The molecule has 15 heavy (non-hydrogen) atoms. The minimum Gasteiger partial charge on any atom is -0.496 e. The van der Waals surface area contributed by atoms with E-state index >= 15 is 0 Å². The maximum Gasteiger partial charge on any atom is 0.122 e. The van der Waals surface area contributed by atoms with Crippen LogP contribution in [0.3, 0.4) is 0 Å². The number of aliphatic hydroxyl groups is 1. The molecule has 0 saturated heterocycles. The molecule has 3 heteroatoms. The third-order valence-electron chi connectivity index (χ3n) is 2.97. The van der Waals surface area contributed by atoms with Crippen molar-refractivity contribution in [3.8, 4) is 5.75 Å². The van der Waals surface area contributed by atoms with Crippen molar-refractivity contribution in [2.75, 3.05) is 7.11 Å². The molecule has 0 spiro atoms. The van der Waals surface area contributed by atoms with E-state index in [9.17, 15) is 5.11 Å². The van der Waals surface area contributed by atoms with Crippen LogP contribution in [0.15, 0.2) is 12.1 Å². The van der Waals surface area contributed by atoms with Crippen molar-refractivity contribution in [3.63, 3.8) is 0 Å². The van der Waals surface area contributed by atoms with Gasteiger partial charge in [-0.1, -0.05) is 18.0 Å². The van der Waals surface area contributed by atoms with Crippen LogP contribution in [-0.4, -0.2) is 12.2 Å². The SMILES string of the molecule is COc1ccc(Cl)c2c1CCCC[C@H]2O. The third kappa shape index (κ3) is 1.97. The van der Waals surface area contributed by atoms with Gasteiger partial charge in [-0.2, -0.15) is 0 Å². The number of methoxy groups -OCH3 is 1. The Morgan fingerprint density at radius 3 is 2.93 bits per heavy atom. The number of benzene rings is 1. The highest BCUT2D eigenvalue weighted by molar-refractivity contribution is 6.31. The summed E-state index contributed by atoms with van der Waals surface area (Å²) >= 11 is 6.12. The molecule has 0 aromatic heterocycles.